The number of amides is 3. The van der Waals surface area contributed by atoms with Gasteiger partial charge < -0.3 is 20.5 Å². The van der Waals surface area contributed by atoms with Crippen LogP contribution in [0, 0.1) is 12.8 Å². The Morgan fingerprint density at radius 3 is 2.58 bits per heavy atom. The van der Waals surface area contributed by atoms with Crippen LogP contribution in [-0.4, -0.2) is 34.9 Å². The molecular weight excluding hydrogens is 436 g/mol. The van der Waals surface area contributed by atoms with E-state index in [4.69, 9.17) is 5.73 Å². The Morgan fingerprint density at radius 2 is 1.91 bits per heavy atom. The van der Waals surface area contributed by atoms with Gasteiger partial charge in [-0.05, 0) is 74.7 Å². The number of benzene rings is 1. The number of aromatic nitrogens is 1. The SMILES string of the molecule is CCN(C(=O)Cn1c(C(=O)NC2CCC(C(N)=O)CC2)cc2sccc21)c1cccc(C)c1. The van der Waals surface area contributed by atoms with Gasteiger partial charge in [-0.15, -0.1) is 11.3 Å². The van der Waals surface area contributed by atoms with E-state index in [0.717, 1.165) is 34.3 Å². The lowest BCUT2D eigenvalue weighted by Gasteiger charge is -2.27. The number of fused-ring (bicyclic) bond motifs is 1. The highest BCUT2D eigenvalue weighted by molar-refractivity contribution is 7.17. The third-order valence-corrected chi connectivity index (χ3v) is 7.30. The zero-order valence-corrected chi connectivity index (χ0v) is 19.9. The Bertz CT molecular complexity index is 1170. The van der Waals surface area contributed by atoms with Gasteiger partial charge in [-0.3, -0.25) is 14.4 Å². The molecule has 0 bridgehead atoms. The van der Waals surface area contributed by atoms with E-state index in [0.29, 0.717) is 25.1 Å². The largest absolute Gasteiger partial charge is 0.369 e. The molecule has 0 aliphatic heterocycles. The van der Waals surface area contributed by atoms with Crippen LogP contribution in [-0.2, 0) is 16.1 Å². The fourth-order valence-corrected chi connectivity index (χ4v) is 5.46. The second-order valence-electron chi connectivity index (χ2n) is 8.69. The van der Waals surface area contributed by atoms with E-state index in [2.05, 4.69) is 5.32 Å². The third-order valence-electron chi connectivity index (χ3n) is 6.44. The van der Waals surface area contributed by atoms with Crippen molar-refractivity contribution in [3.05, 3.63) is 53.0 Å². The van der Waals surface area contributed by atoms with Crippen molar-refractivity contribution in [1.29, 1.82) is 0 Å². The smallest absolute Gasteiger partial charge is 0.268 e. The average Bonchev–Trinajstić information content (AvgIpc) is 3.37. The molecule has 4 rings (SSSR count). The number of nitrogens with one attached hydrogen (secondary N) is 1. The Labute approximate surface area is 197 Å². The first-order valence-corrected chi connectivity index (χ1v) is 12.3. The maximum absolute atomic E-state index is 13.3. The van der Waals surface area contributed by atoms with E-state index in [1.54, 1.807) is 16.2 Å². The molecule has 3 aromatic rings. The van der Waals surface area contributed by atoms with Gasteiger partial charge in [0, 0.05) is 24.2 Å². The van der Waals surface area contributed by atoms with E-state index in [-0.39, 0.29) is 36.2 Å². The maximum atomic E-state index is 13.3. The Kier molecular flexibility index (Phi) is 6.83. The molecule has 1 aliphatic rings. The van der Waals surface area contributed by atoms with E-state index in [1.165, 1.54) is 0 Å². The van der Waals surface area contributed by atoms with Crippen molar-refractivity contribution in [3.8, 4) is 0 Å². The highest BCUT2D eigenvalue weighted by Gasteiger charge is 2.27. The van der Waals surface area contributed by atoms with Gasteiger partial charge in [0.2, 0.25) is 11.8 Å². The Balaban J connectivity index is 1.53. The quantitative estimate of drug-likeness (QED) is 0.554. The van der Waals surface area contributed by atoms with E-state index >= 15 is 0 Å². The lowest BCUT2D eigenvalue weighted by atomic mass is 9.85. The Hall–Kier alpha value is -3.13. The number of hydrogen-bond donors (Lipinski definition) is 2. The predicted molar refractivity (Wildman–Crippen MR) is 131 cm³/mol. The minimum absolute atomic E-state index is 0.00428. The molecule has 1 aromatic carbocycles. The fourth-order valence-electron chi connectivity index (χ4n) is 4.64. The van der Waals surface area contributed by atoms with Crippen LogP contribution in [0.15, 0.2) is 41.8 Å². The van der Waals surface area contributed by atoms with Crippen LogP contribution in [0.25, 0.3) is 10.2 Å². The third kappa shape index (κ3) is 4.95. The van der Waals surface area contributed by atoms with Crippen molar-refractivity contribution in [2.75, 3.05) is 11.4 Å². The lowest BCUT2D eigenvalue weighted by Crippen LogP contribution is -2.41. The number of nitrogens with zero attached hydrogens (tertiary/aromatic N) is 2. The minimum Gasteiger partial charge on any atom is -0.369 e. The molecule has 174 valence electrons. The lowest BCUT2D eigenvalue weighted by molar-refractivity contribution is -0.122. The molecule has 2 aromatic heterocycles. The number of hydrogen-bond acceptors (Lipinski definition) is 4. The highest BCUT2D eigenvalue weighted by atomic mass is 32.1. The predicted octanol–water partition coefficient (Wildman–Crippen LogP) is 3.84. The normalized spacial score (nSPS) is 18.2. The van der Waals surface area contributed by atoms with Crippen LogP contribution in [0.3, 0.4) is 0 Å². The second kappa shape index (κ2) is 9.79. The summed E-state index contributed by atoms with van der Waals surface area (Å²) in [4.78, 5) is 39.7. The summed E-state index contributed by atoms with van der Waals surface area (Å²) in [5, 5.41) is 5.08. The molecule has 0 spiro atoms. The number of rotatable bonds is 7. The summed E-state index contributed by atoms with van der Waals surface area (Å²) in [5.74, 6) is -0.622. The number of primary amides is 1. The summed E-state index contributed by atoms with van der Waals surface area (Å²) in [5.41, 5.74) is 8.74. The number of likely N-dealkylation sites (N-methyl/N-ethyl adjacent to an activating group) is 1. The van der Waals surface area contributed by atoms with E-state index in [9.17, 15) is 14.4 Å². The highest BCUT2D eigenvalue weighted by Crippen LogP contribution is 2.28. The first-order valence-electron chi connectivity index (χ1n) is 11.4. The zero-order valence-electron chi connectivity index (χ0n) is 19.0. The summed E-state index contributed by atoms with van der Waals surface area (Å²) in [6.45, 7) is 4.58. The zero-order chi connectivity index (χ0) is 23.5. The molecule has 8 heteroatoms. The number of aryl methyl sites for hydroxylation is 1. The van der Waals surface area contributed by atoms with Crippen LogP contribution in [0.5, 0.6) is 0 Å². The van der Waals surface area contributed by atoms with Gasteiger partial charge in [0.15, 0.2) is 0 Å². The number of carbonyl (C=O) groups is 3. The molecule has 33 heavy (non-hydrogen) atoms. The molecule has 0 saturated heterocycles. The monoisotopic (exact) mass is 466 g/mol. The molecule has 0 atom stereocenters. The van der Waals surface area contributed by atoms with Crippen molar-refractivity contribution >= 4 is 45.0 Å². The van der Waals surface area contributed by atoms with Crippen LogP contribution >= 0.6 is 11.3 Å². The van der Waals surface area contributed by atoms with E-state index in [1.807, 2.05) is 60.2 Å². The van der Waals surface area contributed by atoms with Gasteiger partial charge in [0.05, 0.1) is 10.2 Å². The minimum atomic E-state index is -0.263. The molecule has 1 fully saturated rings. The van der Waals surface area contributed by atoms with Gasteiger partial charge in [0.1, 0.15) is 12.2 Å². The second-order valence-corrected chi connectivity index (χ2v) is 9.63. The van der Waals surface area contributed by atoms with Crippen LogP contribution < -0.4 is 16.0 Å². The van der Waals surface area contributed by atoms with E-state index < -0.39 is 0 Å². The first-order chi connectivity index (χ1) is 15.9. The van der Waals surface area contributed by atoms with Gasteiger partial charge in [-0.2, -0.15) is 0 Å². The average molecular weight is 467 g/mol. The fraction of sp³-hybridized carbons (Fsp3) is 0.400. The molecule has 0 radical (unpaired) electrons. The Morgan fingerprint density at radius 1 is 1.15 bits per heavy atom. The molecule has 0 unspecified atom stereocenters. The topological polar surface area (TPSA) is 97.4 Å². The maximum Gasteiger partial charge on any atom is 0.268 e. The van der Waals surface area contributed by atoms with Gasteiger partial charge in [0.25, 0.3) is 5.91 Å². The van der Waals surface area contributed by atoms with Gasteiger partial charge >= 0.3 is 0 Å². The summed E-state index contributed by atoms with van der Waals surface area (Å²) in [6.07, 6.45) is 2.84. The summed E-state index contributed by atoms with van der Waals surface area (Å²) >= 11 is 1.55. The van der Waals surface area contributed by atoms with Crippen LogP contribution in [0.4, 0.5) is 5.69 Å². The molecule has 1 aliphatic carbocycles. The molecule has 7 nitrogen and oxygen atoms in total. The summed E-state index contributed by atoms with van der Waals surface area (Å²) < 4.78 is 2.79. The molecule has 3 N–H and O–H groups in total. The van der Waals surface area contributed by atoms with Crippen molar-refractivity contribution < 1.29 is 14.4 Å². The standard InChI is InChI=1S/C25H30N4O3S/c1-3-28(19-6-4-5-16(2)13-19)23(30)15-29-20-11-12-33-22(20)14-21(29)25(32)27-18-9-7-17(8-10-18)24(26)31/h4-6,11-14,17-18H,3,7-10,15H2,1-2H3,(H2,26,31)(H,27,32). The number of anilines is 1. The summed E-state index contributed by atoms with van der Waals surface area (Å²) in [7, 11) is 0. The number of thiophene rings is 1. The number of carbonyl (C=O) groups excluding carboxylic acids is 3. The van der Waals surface area contributed by atoms with Gasteiger partial charge in [-0.25, -0.2) is 0 Å². The van der Waals surface area contributed by atoms with Crippen molar-refractivity contribution in [3.63, 3.8) is 0 Å². The molecular formula is C25H30N4O3S. The van der Waals surface area contributed by atoms with Crippen molar-refractivity contribution in [2.24, 2.45) is 11.7 Å². The van der Waals surface area contributed by atoms with Gasteiger partial charge in [-0.1, -0.05) is 12.1 Å². The van der Waals surface area contributed by atoms with Crippen molar-refractivity contribution in [1.82, 2.24) is 9.88 Å². The van der Waals surface area contributed by atoms with Crippen LogP contribution in [0.1, 0.15) is 48.7 Å². The van der Waals surface area contributed by atoms with Crippen LogP contribution in [0.2, 0.25) is 0 Å². The molecule has 1 saturated carbocycles. The number of nitrogens with two attached hydrogens (primary N) is 1. The molecule has 2 heterocycles. The van der Waals surface area contributed by atoms with Crippen molar-refractivity contribution in [2.45, 2.75) is 52.1 Å². The summed E-state index contributed by atoms with van der Waals surface area (Å²) in [6, 6.07) is 11.7. The first kappa shape index (κ1) is 23.0. The molecule has 3 amide bonds.